The Morgan fingerprint density at radius 3 is 2.57 bits per heavy atom. The van der Waals surface area contributed by atoms with Gasteiger partial charge in [-0.05, 0) is 54.3 Å². The van der Waals surface area contributed by atoms with Crippen molar-refractivity contribution in [1.29, 1.82) is 0 Å². The summed E-state index contributed by atoms with van der Waals surface area (Å²) in [5.41, 5.74) is 6.63. The van der Waals surface area contributed by atoms with Crippen LogP contribution in [-0.4, -0.2) is 28.9 Å². The van der Waals surface area contributed by atoms with Gasteiger partial charge in [0.1, 0.15) is 11.4 Å². The van der Waals surface area contributed by atoms with Crippen LogP contribution >= 0.6 is 0 Å². The molecule has 1 heterocycles. The highest BCUT2D eigenvalue weighted by atomic mass is 16.5. The normalized spacial score (nSPS) is 10.9. The van der Waals surface area contributed by atoms with Crippen LogP contribution < -0.4 is 10.2 Å². The van der Waals surface area contributed by atoms with E-state index in [2.05, 4.69) is 34.6 Å². The number of aryl methyl sites for hydroxylation is 1. The maximum atomic E-state index is 12.2. The fraction of sp³-hybridized carbons (Fsp3) is 0.227. The minimum atomic E-state index is -0.344. The number of benzene rings is 2. The molecule has 0 aliphatic rings. The van der Waals surface area contributed by atoms with Crippen molar-refractivity contribution in [3.63, 3.8) is 0 Å². The van der Waals surface area contributed by atoms with Crippen molar-refractivity contribution in [2.24, 2.45) is 5.10 Å². The van der Waals surface area contributed by atoms with Crippen LogP contribution in [0.3, 0.4) is 0 Å². The molecule has 1 amide bonds. The summed E-state index contributed by atoms with van der Waals surface area (Å²) in [7, 11) is 0. The second kappa shape index (κ2) is 9.50. The quantitative estimate of drug-likeness (QED) is 0.457. The van der Waals surface area contributed by atoms with Gasteiger partial charge in [0.25, 0.3) is 5.91 Å². The van der Waals surface area contributed by atoms with Crippen molar-refractivity contribution < 1.29 is 9.53 Å². The van der Waals surface area contributed by atoms with Crippen LogP contribution in [0.1, 0.15) is 41.9 Å². The zero-order chi connectivity index (χ0) is 19.8. The lowest BCUT2D eigenvalue weighted by molar-refractivity contribution is 0.0950. The molecule has 0 bridgehead atoms. The summed E-state index contributed by atoms with van der Waals surface area (Å²) in [6.07, 6.45) is 3.57. The molecule has 0 radical (unpaired) electrons. The number of rotatable bonds is 8. The predicted molar refractivity (Wildman–Crippen MR) is 111 cm³/mol. The van der Waals surface area contributed by atoms with Gasteiger partial charge in [0, 0.05) is 5.56 Å². The average molecular weight is 376 g/mol. The van der Waals surface area contributed by atoms with E-state index < -0.39 is 0 Å². The molecule has 0 atom stereocenters. The van der Waals surface area contributed by atoms with E-state index in [1.54, 1.807) is 12.3 Å². The van der Waals surface area contributed by atoms with Gasteiger partial charge in [0.05, 0.1) is 18.5 Å². The molecule has 0 fully saturated rings. The molecule has 28 heavy (non-hydrogen) atoms. The topological polar surface area (TPSA) is 79.4 Å². The molecule has 1 aromatic heterocycles. The Kier molecular flexibility index (Phi) is 6.57. The molecule has 6 nitrogen and oxygen atoms in total. The first kappa shape index (κ1) is 19.4. The van der Waals surface area contributed by atoms with Gasteiger partial charge in [-0.3, -0.25) is 9.89 Å². The molecule has 0 saturated carbocycles. The fourth-order valence-electron chi connectivity index (χ4n) is 2.59. The lowest BCUT2D eigenvalue weighted by Crippen LogP contribution is -2.17. The van der Waals surface area contributed by atoms with Crippen molar-refractivity contribution in [3.05, 3.63) is 71.4 Å². The zero-order valence-corrected chi connectivity index (χ0v) is 16.1. The highest BCUT2D eigenvalue weighted by molar-refractivity contribution is 5.94. The van der Waals surface area contributed by atoms with Crippen LogP contribution in [0.2, 0.25) is 0 Å². The summed E-state index contributed by atoms with van der Waals surface area (Å²) in [5, 5.41) is 11.0. The lowest BCUT2D eigenvalue weighted by atomic mass is 10.1. The van der Waals surface area contributed by atoms with Gasteiger partial charge < -0.3 is 4.74 Å². The van der Waals surface area contributed by atoms with Gasteiger partial charge in [-0.15, -0.1) is 0 Å². The summed E-state index contributed by atoms with van der Waals surface area (Å²) < 4.78 is 5.57. The molecule has 144 valence electrons. The number of H-pyrrole nitrogens is 1. The van der Waals surface area contributed by atoms with E-state index in [9.17, 15) is 4.79 Å². The lowest BCUT2D eigenvalue weighted by Gasteiger charge is -2.04. The van der Waals surface area contributed by atoms with Crippen molar-refractivity contribution in [2.45, 2.75) is 26.7 Å². The molecule has 0 aliphatic carbocycles. The van der Waals surface area contributed by atoms with Crippen LogP contribution in [0.15, 0.2) is 59.7 Å². The summed E-state index contributed by atoms with van der Waals surface area (Å²) in [5.74, 6) is 0.475. The first-order valence-corrected chi connectivity index (χ1v) is 9.40. The summed E-state index contributed by atoms with van der Waals surface area (Å²) in [4.78, 5) is 12.2. The molecule has 2 N–H and O–H groups in total. The molecular formula is C22H24N4O2. The van der Waals surface area contributed by atoms with Gasteiger partial charge in [-0.2, -0.15) is 10.2 Å². The summed E-state index contributed by atoms with van der Waals surface area (Å²) in [6, 6.07) is 17.4. The fourth-order valence-corrected chi connectivity index (χ4v) is 2.59. The third kappa shape index (κ3) is 5.07. The predicted octanol–water partition coefficient (Wildman–Crippen LogP) is 4.19. The molecule has 0 aliphatic heterocycles. The van der Waals surface area contributed by atoms with E-state index in [1.165, 1.54) is 5.56 Å². The van der Waals surface area contributed by atoms with Crippen LogP contribution in [-0.2, 0) is 6.42 Å². The first-order chi connectivity index (χ1) is 13.7. The molecule has 3 rings (SSSR count). The van der Waals surface area contributed by atoms with Crippen LogP contribution in [0.4, 0.5) is 0 Å². The Balaban J connectivity index is 1.59. The Morgan fingerprint density at radius 1 is 1.14 bits per heavy atom. The number of ether oxygens (including phenoxy) is 1. The van der Waals surface area contributed by atoms with E-state index in [-0.39, 0.29) is 5.91 Å². The number of nitrogens with zero attached hydrogens (tertiary/aromatic N) is 2. The number of carbonyl (C=O) groups excluding carboxylic acids is 1. The molecule has 6 heteroatoms. The minimum Gasteiger partial charge on any atom is -0.494 e. The number of hydrogen-bond acceptors (Lipinski definition) is 4. The summed E-state index contributed by atoms with van der Waals surface area (Å²) in [6.45, 7) is 4.86. The number of hydrogen-bond donors (Lipinski definition) is 2. The smallest absolute Gasteiger partial charge is 0.289 e. The van der Waals surface area contributed by atoms with E-state index in [1.807, 2.05) is 48.5 Å². The van der Waals surface area contributed by atoms with Crippen molar-refractivity contribution in [3.8, 4) is 17.0 Å². The number of nitrogens with one attached hydrogen (secondary N) is 2. The molecule has 2 aromatic carbocycles. The number of carbonyl (C=O) groups is 1. The van der Waals surface area contributed by atoms with Crippen LogP contribution in [0, 0.1) is 0 Å². The molecule has 3 aromatic rings. The van der Waals surface area contributed by atoms with Gasteiger partial charge in [-0.1, -0.05) is 38.1 Å². The standard InChI is InChI=1S/C22H24N4O2/c1-3-13-28-19-11-9-18(10-12-19)20-14-21(25-24-20)22(27)26-23-15-17-7-5-16(4-2)6-8-17/h5-12,14-15H,3-4,13H2,1-2H3,(H,24,25)(H,26,27)/b23-15+. The van der Waals surface area contributed by atoms with Crippen LogP contribution in [0.25, 0.3) is 11.3 Å². The first-order valence-electron chi connectivity index (χ1n) is 9.40. The Labute approximate surface area is 164 Å². The Hall–Kier alpha value is -3.41. The van der Waals surface area contributed by atoms with Gasteiger partial charge in [-0.25, -0.2) is 5.43 Å². The highest BCUT2D eigenvalue weighted by Crippen LogP contribution is 2.21. The molecular weight excluding hydrogens is 352 g/mol. The zero-order valence-electron chi connectivity index (χ0n) is 16.1. The number of aromatic nitrogens is 2. The molecule has 0 saturated heterocycles. The van der Waals surface area contributed by atoms with Crippen molar-refractivity contribution in [1.82, 2.24) is 15.6 Å². The van der Waals surface area contributed by atoms with Gasteiger partial charge in [0.2, 0.25) is 0 Å². The SMILES string of the molecule is CCCOc1ccc(-c2cc(C(=O)N/N=C/c3ccc(CC)cc3)[nH]n2)cc1. The number of hydrazone groups is 1. The second-order valence-corrected chi connectivity index (χ2v) is 6.33. The molecule has 0 unspecified atom stereocenters. The number of amides is 1. The monoisotopic (exact) mass is 376 g/mol. The maximum Gasteiger partial charge on any atom is 0.289 e. The average Bonchev–Trinajstić information content (AvgIpc) is 3.23. The highest BCUT2D eigenvalue weighted by Gasteiger charge is 2.10. The third-order valence-corrected chi connectivity index (χ3v) is 4.21. The molecule has 0 spiro atoms. The van der Waals surface area contributed by atoms with Crippen LogP contribution in [0.5, 0.6) is 5.75 Å². The van der Waals surface area contributed by atoms with E-state index >= 15 is 0 Å². The van der Waals surface area contributed by atoms with E-state index in [4.69, 9.17) is 4.74 Å². The van der Waals surface area contributed by atoms with E-state index in [0.717, 1.165) is 29.7 Å². The summed E-state index contributed by atoms with van der Waals surface area (Å²) >= 11 is 0. The second-order valence-electron chi connectivity index (χ2n) is 6.33. The van der Waals surface area contributed by atoms with E-state index in [0.29, 0.717) is 18.0 Å². The van der Waals surface area contributed by atoms with Gasteiger partial charge in [0.15, 0.2) is 0 Å². The van der Waals surface area contributed by atoms with Crippen molar-refractivity contribution >= 4 is 12.1 Å². The minimum absolute atomic E-state index is 0.344. The Bertz CT molecular complexity index is 928. The third-order valence-electron chi connectivity index (χ3n) is 4.21. The number of aromatic amines is 1. The largest absolute Gasteiger partial charge is 0.494 e. The maximum absolute atomic E-state index is 12.2. The van der Waals surface area contributed by atoms with Crippen molar-refractivity contribution in [2.75, 3.05) is 6.61 Å². The Morgan fingerprint density at radius 2 is 1.89 bits per heavy atom. The van der Waals surface area contributed by atoms with Gasteiger partial charge >= 0.3 is 0 Å².